The highest BCUT2D eigenvalue weighted by Crippen LogP contribution is 2.43. The zero-order valence-corrected chi connectivity index (χ0v) is 24.3. The lowest BCUT2D eigenvalue weighted by atomic mass is 9.82. The summed E-state index contributed by atoms with van der Waals surface area (Å²) >= 11 is 5.05. The third kappa shape index (κ3) is 5.43. The molecule has 2 N–H and O–H groups in total. The first-order chi connectivity index (χ1) is 18.1. The Hall–Kier alpha value is -2.97. The van der Waals surface area contributed by atoms with Gasteiger partial charge in [-0.15, -0.1) is 10.2 Å². The Bertz CT molecular complexity index is 1600. The van der Waals surface area contributed by atoms with E-state index in [0.29, 0.717) is 35.5 Å². The van der Waals surface area contributed by atoms with Crippen LogP contribution < -0.4 is 10.6 Å². The molecule has 1 unspecified atom stereocenters. The molecule has 0 saturated heterocycles. The number of nitrogens with zero attached hydrogens (tertiary/aromatic N) is 6. The van der Waals surface area contributed by atoms with Crippen molar-refractivity contribution in [3.63, 3.8) is 0 Å². The quantitative estimate of drug-likeness (QED) is 0.303. The predicted octanol–water partition coefficient (Wildman–Crippen LogP) is 3.54. The first-order valence-electron chi connectivity index (χ1n) is 12.1. The number of carbonyl (C=O) groups excluding carboxylic acids is 1. The predicted molar refractivity (Wildman–Crippen MR) is 150 cm³/mol. The van der Waals surface area contributed by atoms with Gasteiger partial charge >= 0.3 is 0 Å². The van der Waals surface area contributed by atoms with Crippen molar-refractivity contribution in [2.45, 2.75) is 38.6 Å². The van der Waals surface area contributed by atoms with Crippen LogP contribution in [0, 0.1) is 12.3 Å². The number of aryl methyl sites for hydroxylation is 1. The normalized spacial score (nSPS) is 19.6. The Morgan fingerprint density at radius 1 is 1.26 bits per heavy atom. The minimum absolute atomic E-state index is 0.0275. The number of sulfone groups is 1. The van der Waals surface area contributed by atoms with Gasteiger partial charge in [0.2, 0.25) is 11.9 Å². The maximum absolute atomic E-state index is 12.8. The van der Waals surface area contributed by atoms with E-state index in [2.05, 4.69) is 46.8 Å². The SMILES string of the molecule is CNC(=O)C1(CCS(C)(=O)=O)CC[C@@H](Nc2ncc3c(Br)nn(-c4ccc(-c5nnc(C)s5)cc4)c3n2)C1. The lowest BCUT2D eigenvalue weighted by molar-refractivity contribution is -0.130. The van der Waals surface area contributed by atoms with Crippen molar-refractivity contribution in [1.29, 1.82) is 0 Å². The van der Waals surface area contributed by atoms with E-state index in [0.717, 1.165) is 26.7 Å². The maximum Gasteiger partial charge on any atom is 0.226 e. The van der Waals surface area contributed by atoms with E-state index in [4.69, 9.17) is 4.98 Å². The van der Waals surface area contributed by atoms with Crippen molar-refractivity contribution in [1.82, 2.24) is 35.3 Å². The lowest BCUT2D eigenvalue weighted by Gasteiger charge is -2.27. The molecule has 11 nitrogen and oxygen atoms in total. The van der Waals surface area contributed by atoms with Crippen molar-refractivity contribution < 1.29 is 13.2 Å². The monoisotopic (exact) mass is 618 g/mol. The minimum atomic E-state index is -3.18. The van der Waals surface area contributed by atoms with Crippen LogP contribution in [0.3, 0.4) is 0 Å². The van der Waals surface area contributed by atoms with Crippen molar-refractivity contribution in [3.8, 4) is 16.3 Å². The molecule has 1 aliphatic carbocycles. The van der Waals surface area contributed by atoms with Gasteiger partial charge in [-0.2, -0.15) is 10.1 Å². The third-order valence-electron chi connectivity index (χ3n) is 6.87. The number of carbonyl (C=O) groups is 1. The molecule has 1 amide bonds. The number of hydrogen-bond donors (Lipinski definition) is 2. The van der Waals surface area contributed by atoms with E-state index < -0.39 is 15.3 Å². The van der Waals surface area contributed by atoms with Crippen LogP contribution in [-0.4, -0.2) is 69.4 Å². The highest BCUT2D eigenvalue weighted by Gasteiger charge is 2.45. The first-order valence-corrected chi connectivity index (χ1v) is 15.7. The van der Waals surface area contributed by atoms with Crippen LogP contribution in [0.25, 0.3) is 27.3 Å². The van der Waals surface area contributed by atoms with Crippen LogP contribution in [0.2, 0.25) is 0 Å². The van der Waals surface area contributed by atoms with Gasteiger partial charge in [-0.25, -0.2) is 18.1 Å². The number of nitrogens with one attached hydrogen (secondary N) is 2. The highest BCUT2D eigenvalue weighted by molar-refractivity contribution is 9.10. The smallest absolute Gasteiger partial charge is 0.226 e. The third-order valence-corrected chi connectivity index (χ3v) is 9.29. The van der Waals surface area contributed by atoms with Gasteiger partial charge in [-0.1, -0.05) is 11.3 Å². The summed E-state index contributed by atoms with van der Waals surface area (Å²) in [7, 11) is -1.60. The maximum atomic E-state index is 12.8. The van der Waals surface area contributed by atoms with E-state index in [1.807, 2.05) is 31.2 Å². The first kappa shape index (κ1) is 26.6. The molecule has 1 aromatic carbocycles. The van der Waals surface area contributed by atoms with E-state index in [1.54, 1.807) is 17.9 Å². The summed E-state index contributed by atoms with van der Waals surface area (Å²) in [6.45, 7) is 1.92. The molecular formula is C24H27BrN8O3S2. The summed E-state index contributed by atoms with van der Waals surface area (Å²) in [5.74, 6) is 0.268. The number of aromatic nitrogens is 6. The second kappa shape index (κ2) is 10.3. The van der Waals surface area contributed by atoms with Crippen LogP contribution >= 0.6 is 27.3 Å². The van der Waals surface area contributed by atoms with Crippen LogP contribution in [0.5, 0.6) is 0 Å². The van der Waals surface area contributed by atoms with Crippen LogP contribution in [0.4, 0.5) is 5.95 Å². The molecule has 200 valence electrons. The molecule has 3 aromatic heterocycles. The number of anilines is 1. The van der Waals surface area contributed by atoms with E-state index in [-0.39, 0.29) is 24.1 Å². The average Bonchev–Trinajstić information content (AvgIpc) is 3.60. The molecule has 0 radical (unpaired) electrons. The number of rotatable bonds is 8. The molecule has 0 aliphatic heterocycles. The molecule has 38 heavy (non-hydrogen) atoms. The van der Waals surface area contributed by atoms with Crippen LogP contribution in [0.1, 0.15) is 30.7 Å². The molecule has 0 bridgehead atoms. The van der Waals surface area contributed by atoms with Gasteiger partial charge < -0.3 is 10.6 Å². The fourth-order valence-corrected chi connectivity index (χ4v) is 6.80. The van der Waals surface area contributed by atoms with Gasteiger partial charge in [0.05, 0.1) is 22.2 Å². The molecule has 1 saturated carbocycles. The molecule has 5 rings (SSSR count). The van der Waals surface area contributed by atoms with Crippen molar-refractivity contribution >= 4 is 60.0 Å². The molecule has 1 aliphatic rings. The number of halogens is 1. The van der Waals surface area contributed by atoms with Gasteiger partial charge in [0.15, 0.2) is 5.65 Å². The second-order valence-corrected chi connectivity index (χ2v) is 13.8. The number of amides is 1. The van der Waals surface area contributed by atoms with E-state index in [9.17, 15) is 13.2 Å². The molecule has 14 heteroatoms. The number of fused-ring (bicyclic) bond motifs is 1. The zero-order chi connectivity index (χ0) is 27.1. The lowest BCUT2D eigenvalue weighted by Crippen LogP contribution is -2.39. The van der Waals surface area contributed by atoms with E-state index in [1.165, 1.54) is 17.6 Å². The van der Waals surface area contributed by atoms with Crippen molar-refractivity contribution in [3.05, 3.63) is 40.1 Å². The largest absolute Gasteiger partial charge is 0.359 e. The Morgan fingerprint density at radius 3 is 2.68 bits per heavy atom. The number of benzene rings is 1. The summed E-state index contributed by atoms with van der Waals surface area (Å²) in [6, 6.07) is 7.79. The van der Waals surface area contributed by atoms with Crippen molar-refractivity contribution in [2.75, 3.05) is 24.4 Å². The van der Waals surface area contributed by atoms with Gasteiger partial charge in [-0.05, 0) is 72.8 Å². The van der Waals surface area contributed by atoms with E-state index >= 15 is 0 Å². The highest BCUT2D eigenvalue weighted by atomic mass is 79.9. The van der Waals surface area contributed by atoms with Crippen molar-refractivity contribution in [2.24, 2.45) is 5.41 Å². The molecule has 0 spiro atoms. The molecule has 2 atom stereocenters. The Kier molecular flexibility index (Phi) is 7.22. The van der Waals surface area contributed by atoms with Gasteiger partial charge in [0.1, 0.15) is 24.5 Å². The Labute approximate surface area is 232 Å². The summed E-state index contributed by atoms with van der Waals surface area (Å²) in [4.78, 5) is 22.0. The standard InChI is InChI=1S/C24H27BrN8O3S2/c1-14-30-31-21(37-14)15-4-6-17(7-5-15)33-20-18(19(25)32-33)13-27-23(29-20)28-16-8-9-24(12-16,22(34)26-2)10-11-38(3,35)36/h4-7,13,16H,8-12H2,1-3H3,(H,26,34)(H,27,28,29)/t16-,24?/m1/s1. The molecular weight excluding hydrogens is 592 g/mol. The Morgan fingerprint density at radius 2 is 2.03 bits per heavy atom. The zero-order valence-electron chi connectivity index (χ0n) is 21.1. The minimum Gasteiger partial charge on any atom is -0.359 e. The van der Waals surface area contributed by atoms with Crippen LogP contribution in [-0.2, 0) is 14.6 Å². The summed E-state index contributed by atoms with van der Waals surface area (Å²) in [5.41, 5.74) is 1.69. The fourth-order valence-electron chi connectivity index (χ4n) is 4.90. The van der Waals surface area contributed by atoms with Gasteiger partial charge in [0.25, 0.3) is 0 Å². The number of hydrogen-bond acceptors (Lipinski definition) is 10. The average molecular weight is 620 g/mol. The van der Waals surface area contributed by atoms with Gasteiger partial charge in [0, 0.05) is 31.1 Å². The fraction of sp³-hybridized carbons (Fsp3) is 0.417. The topological polar surface area (TPSA) is 145 Å². The van der Waals surface area contributed by atoms with Crippen LogP contribution in [0.15, 0.2) is 35.1 Å². The molecule has 4 aromatic rings. The van der Waals surface area contributed by atoms with Gasteiger partial charge in [-0.3, -0.25) is 4.79 Å². The summed E-state index contributed by atoms with van der Waals surface area (Å²) < 4.78 is 26.0. The summed E-state index contributed by atoms with van der Waals surface area (Å²) in [5, 5.41) is 21.5. The molecule has 3 heterocycles. The summed E-state index contributed by atoms with van der Waals surface area (Å²) in [6.07, 6.45) is 4.99. The Balaban J connectivity index is 1.38. The molecule has 1 fully saturated rings. The second-order valence-electron chi connectivity index (χ2n) is 9.63.